The van der Waals surface area contributed by atoms with E-state index < -0.39 is 13.5 Å². The van der Waals surface area contributed by atoms with Crippen molar-refractivity contribution in [1.29, 1.82) is 0 Å². The van der Waals surface area contributed by atoms with E-state index in [4.69, 9.17) is 15.0 Å². The molecule has 0 unspecified atom stereocenters. The second kappa shape index (κ2) is 4.46. The second-order valence-electron chi connectivity index (χ2n) is 2.03. The fraction of sp³-hybridized carbons (Fsp3) is 0.750. The Hall–Kier alpha value is -0.420. The molecule has 0 aromatic carbocycles. The summed E-state index contributed by atoms with van der Waals surface area (Å²) in [5.74, 6) is -0.640. The minimum absolute atomic E-state index is 0.0661. The quantitative estimate of drug-likeness (QED) is 0.266. The molecule has 0 aliphatic carbocycles. The van der Waals surface area contributed by atoms with Crippen molar-refractivity contribution < 1.29 is 24.4 Å². The highest BCUT2D eigenvalue weighted by molar-refractivity contribution is 7.51. The molecule has 11 heavy (non-hydrogen) atoms. The fourth-order valence-corrected chi connectivity index (χ4v) is 1.07. The van der Waals surface area contributed by atoms with Gasteiger partial charge in [-0.15, -0.1) is 0 Å². The summed E-state index contributed by atoms with van der Waals surface area (Å²) in [6.07, 6.45) is -0.349. The van der Waals surface area contributed by atoms with Crippen molar-refractivity contribution in [1.82, 2.24) is 5.48 Å². The lowest BCUT2D eigenvalue weighted by atomic mass is 10.3. The smallest absolute Gasteiger partial charge is 0.324 e. The molecule has 0 aromatic heterocycles. The number of nitrogens with one attached hydrogen (secondary N) is 1. The Morgan fingerprint density at radius 2 is 2.00 bits per heavy atom. The Kier molecular flexibility index (Phi) is 4.29. The average molecular weight is 183 g/mol. The van der Waals surface area contributed by atoms with Crippen LogP contribution in [0.5, 0.6) is 0 Å². The first-order chi connectivity index (χ1) is 4.95. The lowest BCUT2D eigenvalue weighted by Gasteiger charge is -2.01. The van der Waals surface area contributed by atoms with Crippen molar-refractivity contribution >= 4 is 13.5 Å². The number of hydrogen-bond donors (Lipinski definition) is 4. The normalized spacial score (nSPS) is 11.2. The van der Waals surface area contributed by atoms with Crippen LogP contribution in [-0.4, -0.2) is 27.1 Å². The molecule has 0 saturated carbocycles. The Bertz CT molecular complexity index is 175. The van der Waals surface area contributed by atoms with Gasteiger partial charge >= 0.3 is 7.60 Å². The van der Waals surface area contributed by atoms with Gasteiger partial charge in [0.2, 0.25) is 5.91 Å². The largest absolute Gasteiger partial charge is 0.325 e. The maximum absolute atomic E-state index is 10.3. The molecule has 66 valence electrons. The van der Waals surface area contributed by atoms with E-state index in [-0.39, 0.29) is 19.0 Å². The third-order valence-electron chi connectivity index (χ3n) is 0.978. The van der Waals surface area contributed by atoms with Crippen LogP contribution in [0.2, 0.25) is 0 Å². The molecule has 1 amide bonds. The molecule has 0 fully saturated rings. The van der Waals surface area contributed by atoms with Crippen LogP contribution in [0, 0.1) is 0 Å². The zero-order valence-electron chi connectivity index (χ0n) is 5.73. The molecule has 0 spiro atoms. The number of carbonyl (C=O) groups is 1. The van der Waals surface area contributed by atoms with Gasteiger partial charge in [0.1, 0.15) is 0 Å². The van der Waals surface area contributed by atoms with Crippen molar-refractivity contribution in [2.75, 3.05) is 6.16 Å². The summed E-state index contributed by atoms with van der Waals surface area (Å²) in [6, 6.07) is 0. The molecule has 0 saturated heterocycles. The summed E-state index contributed by atoms with van der Waals surface area (Å²) in [5, 5.41) is 7.97. The first kappa shape index (κ1) is 10.6. The highest BCUT2D eigenvalue weighted by Crippen LogP contribution is 2.35. The highest BCUT2D eigenvalue weighted by Gasteiger charge is 2.12. The van der Waals surface area contributed by atoms with Crippen LogP contribution in [0.4, 0.5) is 0 Å². The Labute approximate surface area is 63.3 Å². The molecule has 0 atom stereocenters. The van der Waals surface area contributed by atoms with E-state index in [0.717, 1.165) is 0 Å². The molecule has 7 heteroatoms. The molecule has 0 bridgehead atoms. The average Bonchev–Trinajstić information content (AvgIpc) is 1.85. The standard InChI is InChI=1S/C4H10NO5P/c6-4(5-7)2-1-3-11(8,9)10/h7H,1-3H2,(H,5,6)(H2,8,9,10). The molecular weight excluding hydrogens is 173 g/mol. The number of hydroxylamine groups is 1. The number of hydrogen-bond acceptors (Lipinski definition) is 3. The van der Waals surface area contributed by atoms with Gasteiger partial charge in [0.05, 0.1) is 6.16 Å². The van der Waals surface area contributed by atoms with Gasteiger partial charge in [-0.25, -0.2) is 5.48 Å². The molecule has 4 N–H and O–H groups in total. The first-order valence-corrected chi connectivity index (χ1v) is 4.73. The lowest BCUT2D eigenvalue weighted by molar-refractivity contribution is -0.129. The van der Waals surface area contributed by atoms with Crippen LogP contribution in [0.25, 0.3) is 0 Å². The minimum Gasteiger partial charge on any atom is -0.324 e. The highest BCUT2D eigenvalue weighted by atomic mass is 31.2. The lowest BCUT2D eigenvalue weighted by Crippen LogP contribution is -2.18. The Morgan fingerprint density at radius 3 is 2.36 bits per heavy atom. The van der Waals surface area contributed by atoms with E-state index in [1.54, 1.807) is 0 Å². The zero-order chi connectivity index (χ0) is 8.91. The van der Waals surface area contributed by atoms with E-state index >= 15 is 0 Å². The Morgan fingerprint density at radius 1 is 1.45 bits per heavy atom. The van der Waals surface area contributed by atoms with Crippen LogP contribution in [0.3, 0.4) is 0 Å². The second-order valence-corrected chi connectivity index (χ2v) is 3.80. The number of amides is 1. The van der Waals surface area contributed by atoms with E-state index in [2.05, 4.69) is 0 Å². The molecular formula is C4H10NO5P. The van der Waals surface area contributed by atoms with E-state index in [9.17, 15) is 9.36 Å². The minimum atomic E-state index is -3.99. The van der Waals surface area contributed by atoms with Gasteiger partial charge in [0, 0.05) is 6.42 Å². The maximum Gasteiger partial charge on any atom is 0.325 e. The van der Waals surface area contributed by atoms with Crippen LogP contribution in [0.15, 0.2) is 0 Å². The SMILES string of the molecule is O=C(CCCP(=O)(O)O)NO. The summed E-state index contributed by atoms with van der Waals surface area (Å²) in [6.45, 7) is 0. The summed E-state index contributed by atoms with van der Waals surface area (Å²) in [4.78, 5) is 26.9. The third kappa shape index (κ3) is 7.48. The van der Waals surface area contributed by atoms with Crippen molar-refractivity contribution in [3.63, 3.8) is 0 Å². The summed E-state index contributed by atoms with van der Waals surface area (Å²) < 4.78 is 10.2. The molecule has 0 heterocycles. The van der Waals surface area contributed by atoms with Gasteiger partial charge in [-0.1, -0.05) is 0 Å². The van der Waals surface area contributed by atoms with Crippen LogP contribution in [-0.2, 0) is 9.36 Å². The maximum atomic E-state index is 10.3. The van der Waals surface area contributed by atoms with E-state index in [1.807, 2.05) is 0 Å². The van der Waals surface area contributed by atoms with Gasteiger partial charge < -0.3 is 9.79 Å². The third-order valence-corrected chi connectivity index (χ3v) is 1.88. The molecule has 0 radical (unpaired) electrons. The zero-order valence-corrected chi connectivity index (χ0v) is 6.62. The van der Waals surface area contributed by atoms with E-state index in [1.165, 1.54) is 5.48 Å². The van der Waals surface area contributed by atoms with Gasteiger partial charge in [-0.3, -0.25) is 14.6 Å². The van der Waals surface area contributed by atoms with Crippen LogP contribution >= 0.6 is 7.60 Å². The van der Waals surface area contributed by atoms with Crippen molar-refractivity contribution in [2.45, 2.75) is 12.8 Å². The molecule has 0 rings (SSSR count). The fourth-order valence-electron chi connectivity index (χ4n) is 0.501. The predicted octanol–water partition coefficient (Wildman–Crippen LogP) is -0.550. The first-order valence-electron chi connectivity index (χ1n) is 2.93. The summed E-state index contributed by atoms with van der Waals surface area (Å²) >= 11 is 0. The van der Waals surface area contributed by atoms with Gasteiger partial charge in [-0.2, -0.15) is 0 Å². The van der Waals surface area contributed by atoms with Crippen LogP contribution in [0.1, 0.15) is 12.8 Å². The number of carbonyl (C=O) groups excluding carboxylic acids is 1. The summed E-state index contributed by atoms with van der Waals surface area (Å²) in [5.41, 5.74) is 1.36. The van der Waals surface area contributed by atoms with Crippen molar-refractivity contribution in [2.24, 2.45) is 0 Å². The van der Waals surface area contributed by atoms with Crippen LogP contribution < -0.4 is 5.48 Å². The van der Waals surface area contributed by atoms with Crippen molar-refractivity contribution in [3.05, 3.63) is 0 Å². The Balaban J connectivity index is 3.43. The van der Waals surface area contributed by atoms with Gasteiger partial charge in [0.25, 0.3) is 0 Å². The monoisotopic (exact) mass is 183 g/mol. The number of rotatable bonds is 4. The molecule has 0 aliphatic rings. The van der Waals surface area contributed by atoms with Gasteiger partial charge in [-0.05, 0) is 6.42 Å². The van der Waals surface area contributed by atoms with Crippen molar-refractivity contribution in [3.8, 4) is 0 Å². The molecule has 0 aromatic rings. The predicted molar refractivity (Wildman–Crippen MR) is 36.1 cm³/mol. The van der Waals surface area contributed by atoms with E-state index in [0.29, 0.717) is 0 Å². The molecule has 0 aliphatic heterocycles. The van der Waals surface area contributed by atoms with Gasteiger partial charge in [0.15, 0.2) is 0 Å². The molecule has 6 nitrogen and oxygen atoms in total. The topological polar surface area (TPSA) is 107 Å². The summed E-state index contributed by atoms with van der Waals surface area (Å²) in [7, 11) is -3.99.